The predicted octanol–water partition coefficient (Wildman–Crippen LogP) is 3.38. The minimum absolute atomic E-state index is 0.0450. The standard InChI is InChI=1S/C30H30N8O/c31-20-25-13-7-8-14-27(25)35-15-17-36(18-16-35)30(39)28-19-26(22-37(28)21-23-9-3-1-4-10-23)38-33-29(32-34-38)24-11-5-2-6-12-24/h1-14,26,28H,15-19,21-22H2. The van der Waals surface area contributed by atoms with E-state index in [-0.39, 0.29) is 18.0 Å². The van der Waals surface area contributed by atoms with Gasteiger partial charge in [0.25, 0.3) is 0 Å². The quantitative estimate of drug-likeness (QED) is 0.386. The maximum absolute atomic E-state index is 13.9. The molecule has 3 heterocycles. The number of amides is 1. The molecule has 3 aromatic carbocycles. The molecule has 196 valence electrons. The molecule has 2 unspecified atom stereocenters. The monoisotopic (exact) mass is 518 g/mol. The lowest BCUT2D eigenvalue weighted by atomic mass is 10.1. The summed E-state index contributed by atoms with van der Waals surface area (Å²) in [7, 11) is 0. The zero-order chi connectivity index (χ0) is 26.6. The molecule has 0 aliphatic carbocycles. The van der Waals surface area contributed by atoms with Crippen LogP contribution in [0.4, 0.5) is 5.69 Å². The van der Waals surface area contributed by atoms with Gasteiger partial charge < -0.3 is 9.80 Å². The first-order valence-electron chi connectivity index (χ1n) is 13.4. The van der Waals surface area contributed by atoms with Crippen LogP contribution < -0.4 is 4.90 Å². The number of anilines is 1. The third kappa shape index (κ3) is 5.24. The molecule has 2 aliphatic rings. The molecule has 9 heteroatoms. The molecular formula is C30H30N8O. The first-order valence-corrected chi connectivity index (χ1v) is 13.4. The van der Waals surface area contributed by atoms with Crippen LogP contribution in [0.5, 0.6) is 0 Å². The minimum Gasteiger partial charge on any atom is -0.367 e. The van der Waals surface area contributed by atoms with Crippen LogP contribution in [0, 0.1) is 11.3 Å². The molecule has 1 amide bonds. The molecule has 2 atom stereocenters. The van der Waals surface area contributed by atoms with Crippen molar-refractivity contribution in [1.29, 1.82) is 5.26 Å². The Kier molecular flexibility index (Phi) is 7.02. The molecule has 4 aromatic rings. The highest BCUT2D eigenvalue weighted by molar-refractivity contribution is 5.82. The molecule has 1 aromatic heterocycles. The van der Waals surface area contributed by atoms with Crippen molar-refractivity contribution in [3.63, 3.8) is 0 Å². The smallest absolute Gasteiger partial charge is 0.240 e. The number of carbonyl (C=O) groups excluding carboxylic acids is 1. The average Bonchev–Trinajstić information content (AvgIpc) is 3.66. The number of nitrogens with zero attached hydrogens (tertiary/aromatic N) is 8. The van der Waals surface area contributed by atoms with E-state index in [4.69, 9.17) is 0 Å². The van der Waals surface area contributed by atoms with Crippen molar-refractivity contribution in [2.24, 2.45) is 0 Å². The van der Waals surface area contributed by atoms with Gasteiger partial charge in [-0.1, -0.05) is 72.8 Å². The van der Waals surface area contributed by atoms with Crippen molar-refractivity contribution in [2.45, 2.75) is 25.0 Å². The van der Waals surface area contributed by atoms with Gasteiger partial charge in [-0.15, -0.1) is 10.2 Å². The summed E-state index contributed by atoms with van der Waals surface area (Å²) in [4.78, 5) is 22.0. The molecule has 2 aliphatic heterocycles. The van der Waals surface area contributed by atoms with Gasteiger partial charge >= 0.3 is 0 Å². The van der Waals surface area contributed by atoms with Gasteiger partial charge in [0.1, 0.15) is 6.07 Å². The highest BCUT2D eigenvalue weighted by Gasteiger charge is 2.41. The van der Waals surface area contributed by atoms with E-state index in [2.05, 4.69) is 43.4 Å². The summed E-state index contributed by atoms with van der Waals surface area (Å²) in [5, 5.41) is 22.8. The van der Waals surface area contributed by atoms with E-state index >= 15 is 0 Å². The molecule has 2 fully saturated rings. The zero-order valence-electron chi connectivity index (χ0n) is 21.7. The topological polar surface area (TPSA) is 94.2 Å². The van der Waals surface area contributed by atoms with E-state index in [0.717, 1.165) is 11.3 Å². The normalized spacial score (nSPS) is 19.7. The van der Waals surface area contributed by atoms with Crippen molar-refractivity contribution < 1.29 is 4.79 Å². The third-order valence-corrected chi connectivity index (χ3v) is 7.64. The number of aromatic nitrogens is 4. The van der Waals surface area contributed by atoms with Crippen molar-refractivity contribution in [3.05, 3.63) is 96.1 Å². The first-order chi connectivity index (χ1) is 19.2. The van der Waals surface area contributed by atoms with Crippen molar-refractivity contribution in [2.75, 3.05) is 37.6 Å². The number of rotatable bonds is 6. The van der Waals surface area contributed by atoms with Crippen LogP contribution in [0.2, 0.25) is 0 Å². The van der Waals surface area contributed by atoms with E-state index in [1.807, 2.05) is 77.7 Å². The first kappa shape index (κ1) is 24.8. The molecule has 0 bridgehead atoms. The lowest BCUT2D eigenvalue weighted by Crippen LogP contribution is -2.53. The number of benzene rings is 3. The highest BCUT2D eigenvalue weighted by atomic mass is 16.2. The summed E-state index contributed by atoms with van der Waals surface area (Å²) in [5.41, 5.74) is 3.70. The van der Waals surface area contributed by atoms with Crippen LogP contribution in [0.15, 0.2) is 84.9 Å². The van der Waals surface area contributed by atoms with Gasteiger partial charge in [0.2, 0.25) is 11.7 Å². The second-order valence-corrected chi connectivity index (χ2v) is 10.1. The number of carbonyl (C=O) groups is 1. The number of tetrazole rings is 1. The van der Waals surface area contributed by atoms with E-state index in [9.17, 15) is 10.1 Å². The Labute approximate surface area is 227 Å². The SMILES string of the molecule is N#Cc1ccccc1N1CCN(C(=O)C2CC(n3nnc(-c4ccccc4)n3)CN2Cc2ccccc2)CC1. The minimum atomic E-state index is -0.265. The molecule has 0 N–H and O–H groups in total. The summed E-state index contributed by atoms with van der Waals surface area (Å²) in [6.45, 7) is 4.00. The molecule has 6 rings (SSSR count). The van der Waals surface area contributed by atoms with Crippen LogP contribution >= 0.6 is 0 Å². The summed E-state index contributed by atoms with van der Waals surface area (Å²) in [6, 6.07) is 29.7. The molecule has 9 nitrogen and oxygen atoms in total. The van der Waals surface area contributed by atoms with Crippen LogP contribution in [-0.4, -0.2) is 74.7 Å². The number of nitriles is 1. The Bertz CT molecular complexity index is 1460. The molecule has 0 spiro atoms. The molecule has 39 heavy (non-hydrogen) atoms. The van der Waals surface area contributed by atoms with Crippen molar-refractivity contribution in [1.82, 2.24) is 30.0 Å². The fourth-order valence-electron chi connectivity index (χ4n) is 5.60. The van der Waals surface area contributed by atoms with Gasteiger partial charge in [0, 0.05) is 44.8 Å². The number of hydrogen-bond donors (Lipinski definition) is 0. The summed E-state index contributed by atoms with van der Waals surface area (Å²) < 4.78 is 0. The maximum atomic E-state index is 13.9. The lowest BCUT2D eigenvalue weighted by molar-refractivity contribution is -0.136. The summed E-state index contributed by atoms with van der Waals surface area (Å²) in [6.07, 6.45) is 0.633. The maximum Gasteiger partial charge on any atom is 0.240 e. The predicted molar refractivity (Wildman–Crippen MR) is 147 cm³/mol. The van der Waals surface area contributed by atoms with E-state index < -0.39 is 0 Å². The van der Waals surface area contributed by atoms with Gasteiger partial charge in [0.05, 0.1) is 23.3 Å². The van der Waals surface area contributed by atoms with Crippen molar-refractivity contribution in [3.8, 4) is 17.5 Å². The third-order valence-electron chi connectivity index (χ3n) is 7.64. The fraction of sp³-hybridized carbons (Fsp3) is 0.300. The Morgan fingerprint density at radius 2 is 1.59 bits per heavy atom. The summed E-state index contributed by atoms with van der Waals surface area (Å²) >= 11 is 0. The lowest BCUT2D eigenvalue weighted by Gasteiger charge is -2.38. The Morgan fingerprint density at radius 1 is 0.897 bits per heavy atom. The summed E-state index contributed by atoms with van der Waals surface area (Å²) in [5.74, 6) is 0.735. The Morgan fingerprint density at radius 3 is 2.33 bits per heavy atom. The number of para-hydroxylation sites is 1. The van der Waals surface area contributed by atoms with Crippen LogP contribution in [-0.2, 0) is 11.3 Å². The Balaban J connectivity index is 1.18. The second kappa shape index (κ2) is 11.1. The van der Waals surface area contributed by atoms with Gasteiger partial charge in [-0.25, -0.2) is 0 Å². The van der Waals surface area contributed by atoms with Gasteiger partial charge in [-0.2, -0.15) is 10.1 Å². The molecule has 0 radical (unpaired) electrons. The van der Waals surface area contributed by atoms with Crippen LogP contribution in [0.25, 0.3) is 11.4 Å². The number of hydrogen-bond acceptors (Lipinski definition) is 7. The van der Waals surface area contributed by atoms with E-state index in [1.165, 1.54) is 5.56 Å². The molecule has 0 saturated carbocycles. The number of likely N-dealkylation sites (tertiary alicyclic amines) is 1. The van der Waals surface area contributed by atoms with Crippen LogP contribution in [0.3, 0.4) is 0 Å². The molecule has 2 saturated heterocycles. The average molecular weight is 519 g/mol. The molecular weight excluding hydrogens is 488 g/mol. The van der Waals surface area contributed by atoms with Gasteiger partial charge in [0.15, 0.2) is 0 Å². The van der Waals surface area contributed by atoms with Crippen LogP contribution in [0.1, 0.15) is 23.6 Å². The van der Waals surface area contributed by atoms with E-state index in [0.29, 0.717) is 57.1 Å². The second-order valence-electron chi connectivity index (χ2n) is 10.1. The zero-order valence-corrected chi connectivity index (χ0v) is 21.7. The Hall–Kier alpha value is -4.55. The number of piperazine rings is 1. The largest absolute Gasteiger partial charge is 0.367 e. The van der Waals surface area contributed by atoms with Crippen molar-refractivity contribution >= 4 is 11.6 Å². The highest BCUT2D eigenvalue weighted by Crippen LogP contribution is 2.30. The van der Waals surface area contributed by atoms with Gasteiger partial charge in [-0.3, -0.25) is 9.69 Å². The van der Waals surface area contributed by atoms with E-state index in [1.54, 1.807) is 4.80 Å². The van der Waals surface area contributed by atoms with Gasteiger partial charge in [-0.05, 0) is 29.3 Å². The fourth-order valence-corrected chi connectivity index (χ4v) is 5.60.